The van der Waals surface area contributed by atoms with Gasteiger partial charge < -0.3 is 20.1 Å². The Bertz CT molecular complexity index is 790. The molecule has 0 bridgehead atoms. The normalized spacial score (nSPS) is 10.3. The Labute approximate surface area is 152 Å². The topological polar surface area (TPSA) is 89.5 Å². The minimum atomic E-state index is -0.449. The van der Waals surface area contributed by atoms with E-state index in [0.717, 1.165) is 0 Å². The van der Waals surface area contributed by atoms with Gasteiger partial charge in [-0.25, -0.2) is 0 Å². The number of nitrogens with zero attached hydrogens (tertiary/aromatic N) is 1. The molecule has 1 aromatic carbocycles. The number of hydrogen-bond donors (Lipinski definition) is 2. The maximum atomic E-state index is 12.5. The molecule has 0 aliphatic rings. The van der Waals surface area contributed by atoms with Gasteiger partial charge in [0, 0.05) is 24.4 Å². The first-order valence-electron chi connectivity index (χ1n) is 8.22. The van der Waals surface area contributed by atoms with Crippen LogP contribution in [0.3, 0.4) is 0 Å². The van der Waals surface area contributed by atoms with Crippen molar-refractivity contribution in [1.29, 1.82) is 0 Å². The molecule has 0 atom stereocenters. The number of pyridine rings is 1. The lowest BCUT2D eigenvalue weighted by Gasteiger charge is -2.12. The van der Waals surface area contributed by atoms with E-state index in [1.807, 2.05) is 13.8 Å². The van der Waals surface area contributed by atoms with Gasteiger partial charge in [-0.15, -0.1) is 0 Å². The van der Waals surface area contributed by atoms with Crippen LogP contribution in [0.15, 0.2) is 36.5 Å². The molecule has 7 heteroatoms. The molecule has 0 spiro atoms. The van der Waals surface area contributed by atoms with Crippen molar-refractivity contribution in [2.75, 3.05) is 26.1 Å². The average Bonchev–Trinajstić information content (AvgIpc) is 2.65. The molecule has 0 aliphatic carbocycles. The minimum Gasteiger partial charge on any atom is -0.497 e. The van der Waals surface area contributed by atoms with Crippen LogP contribution in [0.1, 0.15) is 34.7 Å². The van der Waals surface area contributed by atoms with Gasteiger partial charge in [-0.2, -0.15) is 0 Å². The highest BCUT2D eigenvalue weighted by Crippen LogP contribution is 2.29. The van der Waals surface area contributed by atoms with Crippen LogP contribution in [-0.4, -0.2) is 37.6 Å². The van der Waals surface area contributed by atoms with Crippen LogP contribution in [0.4, 0.5) is 5.69 Å². The largest absolute Gasteiger partial charge is 0.497 e. The van der Waals surface area contributed by atoms with Crippen molar-refractivity contribution in [2.24, 2.45) is 5.92 Å². The van der Waals surface area contributed by atoms with E-state index in [2.05, 4.69) is 15.6 Å². The second kappa shape index (κ2) is 8.84. The summed E-state index contributed by atoms with van der Waals surface area (Å²) >= 11 is 0. The van der Waals surface area contributed by atoms with Crippen LogP contribution >= 0.6 is 0 Å². The molecule has 0 saturated heterocycles. The van der Waals surface area contributed by atoms with Crippen molar-refractivity contribution in [3.05, 3.63) is 47.8 Å². The predicted molar refractivity (Wildman–Crippen MR) is 98.9 cm³/mol. The quantitative estimate of drug-likeness (QED) is 0.795. The molecule has 1 aromatic heterocycles. The van der Waals surface area contributed by atoms with Crippen LogP contribution in [-0.2, 0) is 0 Å². The number of carbonyl (C=O) groups excluding carboxylic acids is 2. The van der Waals surface area contributed by atoms with Crippen molar-refractivity contribution in [1.82, 2.24) is 10.3 Å². The summed E-state index contributed by atoms with van der Waals surface area (Å²) < 4.78 is 10.4. The zero-order valence-electron chi connectivity index (χ0n) is 15.3. The molecule has 0 saturated carbocycles. The number of methoxy groups -OCH3 is 2. The van der Waals surface area contributed by atoms with Crippen molar-refractivity contribution in [2.45, 2.75) is 13.8 Å². The lowest BCUT2D eigenvalue weighted by Crippen LogP contribution is -2.27. The van der Waals surface area contributed by atoms with Crippen LogP contribution in [0.5, 0.6) is 11.5 Å². The number of rotatable bonds is 7. The van der Waals surface area contributed by atoms with Gasteiger partial charge >= 0.3 is 0 Å². The van der Waals surface area contributed by atoms with Crippen LogP contribution in [0.25, 0.3) is 0 Å². The third-order valence-corrected chi connectivity index (χ3v) is 3.58. The molecule has 1 heterocycles. The van der Waals surface area contributed by atoms with Crippen molar-refractivity contribution >= 4 is 17.5 Å². The van der Waals surface area contributed by atoms with Gasteiger partial charge in [0.15, 0.2) is 0 Å². The predicted octanol–water partition coefficient (Wildman–Crippen LogP) is 2.74. The van der Waals surface area contributed by atoms with Gasteiger partial charge in [0.25, 0.3) is 11.8 Å². The summed E-state index contributed by atoms with van der Waals surface area (Å²) in [5, 5.41) is 5.54. The third-order valence-electron chi connectivity index (χ3n) is 3.58. The molecule has 0 aliphatic heterocycles. The zero-order chi connectivity index (χ0) is 19.1. The van der Waals surface area contributed by atoms with Crippen LogP contribution in [0, 0.1) is 5.92 Å². The monoisotopic (exact) mass is 357 g/mol. The van der Waals surface area contributed by atoms with Gasteiger partial charge in [-0.05, 0) is 30.2 Å². The fraction of sp³-hybridized carbons (Fsp3) is 0.316. The SMILES string of the molecule is COc1ccc(OC)c(NC(=O)c2cc(C(=O)NCC(C)C)ccn2)c1. The summed E-state index contributed by atoms with van der Waals surface area (Å²) in [5.41, 5.74) is 0.962. The van der Waals surface area contributed by atoms with Crippen molar-refractivity contribution in [3.63, 3.8) is 0 Å². The van der Waals surface area contributed by atoms with Gasteiger partial charge in [-0.3, -0.25) is 14.6 Å². The first-order chi connectivity index (χ1) is 12.4. The van der Waals surface area contributed by atoms with E-state index in [1.54, 1.807) is 24.3 Å². The lowest BCUT2D eigenvalue weighted by molar-refractivity contribution is 0.0949. The molecular weight excluding hydrogens is 334 g/mol. The summed E-state index contributed by atoms with van der Waals surface area (Å²) in [6.07, 6.45) is 1.43. The lowest BCUT2D eigenvalue weighted by atomic mass is 10.2. The van der Waals surface area contributed by atoms with Crippen LogP contribution < -0.4 is 20.1 Å². The number of amides is 2. The minimum absolute atomic E-state index is 0.132. The Morgan fingerprint density at radius 2 is 1.85 bits per heavy atom. The molecule has 138 valence electrons. The summed E-state index contributed by atoms with van der Waals surface area (Å²) in [4.78, 5) is 28.7. The molecule has 0 fully saturated rings. The van der Waals surface area contributed by atoms with E-state index in [9.17, 15) is 9.59 Å². The number of benzene rings is 1. The van der Waals surface area contributed by atoms with Gasteiger partial charge in [0.05, 0.1) is 19.9 Å². The second-order valence-corrected chi connectivity index (χ2v) is 6.05. The Kier molecular flexibility index (Phi) is 6.54. The first-order valence-corrected chi connectivity index (χ1v) is 8.22. The third kappa shape index (κ3) is 4.95. The van der Waals surface area contributed by atoms with Gasteiger partial charge in [0.1, 0.15) is 17.2 Å². The number of nitrogens with one attached hydrogen (secondary N) is 2. The summed E-state index contributed by atoms with van der Waals surface area (Å²) in [6.45, 7) is 4.57. The second-order valence-electron chi connectivity index (χ2n) is 6.05. The highest BCUT2D eigenvalue weighted by molar-refractivity contribution is 6.05. The van der Waals surface area contributed by atoms with E-state index in [0.29, 0.717) is 35.2 Å². The summed E-state index contributed by atoms with van der Waals surface area (Å²) in [6, 6.07) is 8.09. The van der Waals surface area contributed by atoms with Crippen molar-refractivity contribution in [3.8, 4) is 11.5 Å². The summed E-state index contributed by atoms with van der Waals surface area (Å²) in [7, 11) is 3.05. The van der Waals surface area contributed by atoms with E-state index >= 15 is 0 Å². The Morgan fingerprint density at radius 3 is 2.50 bits per heavy atom. The maximum Gasteiger partial charge on any atom is 0.274 e. The van der Waals surface area contributed by atoms with E-state index in [1.165, 1.54) is 26.5 Å². The Morgan fingerprint density at radius 1 is 1.08 bits per heavy atom. The van der Waals surface area contributed by atoms with E-state index in [-0.39, 0.29) is 11.6 Å². The zero-order valence-corrected chi connectivity index (χ0v) is 15.3. The average molecular weight is 357 g/mol. The highest BCUT2D eigenvalue weighted by Gasteiger charge is 2.14. The number of carbonyl (C=O) groups is 2. The number of hydrogen-bond acceptors (Lipinski definition) is 5. The highest BCUT2D eigenvalue weighted by atomic mass is 16.5. The fourth-order valence-corrected chi connectivity index (χ4v) is 2.19. The molecule has 0 unspecified atom stereocenters. The molecular formula is C19H23N3O4. The molecule has 2 amide bonds. The van der Waals surface area contributed by atoms with E-state index < -0.39 is 5.91 Å². The Hall–Kier alpha value is -3.09. The Balaban J connectivity index is 2.18. The van der Waals surface area contributed by atoms with Crippen LogP contribution in [0.2, 0.25) is 0 Å². The maximum absolute atomic E-state index is 12.5. The smallest absolute Gasteiger partial charge is 0.274 e. The standard InChI is InChI=1S/C19H23N3O4/c1-12(2)11-21-18(23)13-7-8-20-16(9-13)19(24)22-15-10-14(25-3)5-6-17(15)26-4/h5-10,12H,11H2,1-4H3,(H,21,23)(H,22,24). The number of ether oxygens (including phenoxy) is 2. The molecule has 2 rings (SSSR count). The molecule has 2 N–H and O–H groups in total. The number of aromatic nitrogens is 1. The van der Waals surface area contributed by atoms with Gasteiger partial charge in [0.2, 0.25) is 0 Å². The molecule has 26 heavy (non-hydrogen) atoms. The fourth-order valence-electron chi connectivity index (χ4n) is 2.19. The molecule has 0 radical (unpaired) electrons. The van der Waals surface area contributed by atoms with Gasteiger partial charge in [-0.1, -0.05) is 13.8 Å². The van der Waals surface area contributed by atoms with Crippen molar-refractivity contribution < 1.29 is 19.1 Å². The molecule has 2 aromatic rings. The first kappa shape index (κ1) is 19.2. The number of anilines is 1. The molecule has 7 nitrogen and oxygen atoms in total. The van der Waals surface area contributed by atoms with E-state index in [4.69, 9.17) is 9.47 Å². The summed E-state index contributed by atoms with van der Waals surface area (Å²) in [5.74, 6) is 0.717.